The minimum Gasteiger partial charge on any atom is -0.467 e. The Kier molecular flexibility index (Phi) is 4.84. The number of carbonyl (C=O) groups is 2. The quantitative estimate of drug-likeness (QED) is 0.736. The standard InChI is InChI=1S/C21H26BrNO3/c1-26-19(24)18(9-13-2-4-17(22)5-3-13)23-20(25)21-10-14-6-15(11-21)8-16(7-14)12-21/h2-5,14-16,18H,6-12H2,1H3,(H,23,25)/t14?,15?,16?,18-,21?/m1/s1. The van der Waals surface area contributed by atoms with Crippen LogP contribution >= 0.6 is 15.9 Å². The Hall–Kier alpha value is -1.36. The van der Waals surface area contributed by atoms with E-state index in [9.17, 15) is 9.59 Å². The van der Waals surface area contributed by atoms with Crippen LogP contribution in [0.15, 0.2) is 28.7 Å². The van der Waals surface area contributed by atoms with Crippen LogP contribution in [0.3, 0.4) is 0 Å². The van der Waals surface area contributed by atoms with Crippen molar-refractivity contribution in [2.24, 2.45) is 23.2 Å². The minimum absolute atomic E-state index is 0.0733. The number of ether oxygens (including phenoxy) is 1. The summed E-state index contributed by atoms with van der Waals surface area (Å²) < 4.78 is 5.96. The number of esters is 1. The molecular formula is C21H26BrNO3. The number of benzene rings is 1. The highest BCUT2D eigenvalue weighted by Gasteiger charge is 2.54. The van der Waals surface area contributed by atoms with Crippen LogP contribution in [0.1, 0.15) is 44.1 Å². The van der Waals surface area contributed by atoms with Crippen molar-refractivity contribution in [2.45, 2.75) is 51.0 Å². The Morgan fingerprint density at radius 2 is 1.65 bits per heavy atom. The van der Waals surface area contributed by atoms with Gasteiger partial charge in [0.05, 0.1) is 7.11 Å². The Labute approximate surface area is 163 Å². The van der Waals surface area contributed by atoms with Crippen LogP contribution in [-0.2, 0) is 20.7 Å². The lowest BCUT2D eigenvalue weighted by Crippen LogP contribution is -2.56. The molecule has 4 fully saturated rings. The number of carbonyl (C=O) groups excluding carboxylic acids is 2. The lowest BCUT2D eigenvalue weighted by molar-refractivity contribution is -0.152. The van der Waals surface area contributed by atoms with Crippen molar-refractivity contribution in [1.29, 1.82) is 0 Å². The molecule has 26 heavy (non-hydrogen) atoms. The molecule has 4 aliphatic carbocycles. The first-order valence-electron chi connectivity index (χ1n) is 9.61. The maximum atomic E-state index is 13.2. The smallest absolute Gasteiger partial charge is 0.328 e. The summed E-state index contributed by atoms with van der Waals surface area (Å²) in [4.78, 5) is 25.5. The summed E-state index contributed by atoms with van der Waals surface area (Å²) in [5.74, 6) is 1.82. The second kappa shape index (κ2) is 6.99. The van der Waals surface area contributed by atoms with Crippen molar-refractivity contribution in [3.8, 4) is 0 Å². The van der Waals surface area contributed by atoms with E-state index in [0.29, 0.717) is 24.2 Å². The average molecular weight is 420 g/mol. The highest BCUT2D eigenvalue weighted by Crippen LogP contribution is 2.60. The molecule has 1 amide bonds. The van der Waals surface area contributed by atoms with Crippen molar-refractivity contribution < 1.29 is 14.3 Å². The first kappa shape index (κ1) is 18.0. The topological polar surface area (TPSA) is 55.4 Å². The van der Waals surface area contributed by atoms with Crippen molar-refractivity contribution in [1.82, 2.24) is 5.32 Å². The third kappa shape index (κ3) is 3.42. The summed E-state index contributed by atoms with van der Waals surface area (Å²) in [5.41, 5.74) is 0.759. The Balaban J connectivity index is 1.49. The highest BCUT2D eigenvalue weighted by molar-refractivity contribution is 9.10. The van der Waals surface area contributed by atoms with E-state index in [1.807, 2.05) is 24.3 Å². The first-order valence-corrected chi connectivity index (χ1v) is 10.4. The molecule has 1 atom stereocenters. The van der Waals surface area contributed by atoms with E-state index in [4.69, 9.17) is 4.74 Å². The largest absolute Gasteiger partial charge is 0.467 e. The van der Waals surface area contributed by atoms with Crippen LogP contribution in [0, 0.1) is 23.2 Å². The van der Waals surface area contributed by atoms with E-state index in [-0.39, 0.29) is 17.3 Å². The lowest BCUT2D eigenvalue weighted by Gasteiger charge is -2.55. The van der Waals surface area contributed by atoms with Gasteiger partial charge in [0.15, 0.2) is 0 Å². The van der Waals surface area contributed by atoms with Crippen molar-refractivity contribution in [3.05, 3.63) is 34.3 Å². The predicted octanol–water partition coefficient (Wildman–Crippen LogP) is 3.87. The zero-order valence-corrected chi connectivity index (χ0v) is 16.8. The van der Waals surface area contributed by atoms with Crippen molar-refractivity contribution >= 4 is 27.8 Å². The molecule has 5 heteroatoms. The number of nitrogens with one attached hydrogen (secondary N) is 1. The van der Waals surface area contributed by atoms with Gasteiger partial charge in [0.2, 0.25) is 5.91 Å². The molecule has 0 unspecified atom stereocenters. The second-order valence-electron chi connectivity index (χ2n) is 8.58. The molecule has 140 valence electrons. The molecule has 0 aliphatic heterocycles. The number of hydrogen-bond acceptors (Lipinski definition) is 3. The normalized spacial score (nSPS) is 32.9. The van der Waals surface area contributed by atoms with Gasteiger partial charge >= 0.3 is 5.97 Å². The van der Waals surface area contributed by atoms with E-state index >= 15 is 0 Å². The van der Waals surface area contributed by atoms with Crippen molar-refractivity contribution in [3.63, 3.8) is 0 Å². The van der Waals surface area contributed by atoms with Crippen LogP contribution in [0.4, 0.5) is 0 Å². The average Bonchev–Trinajstić information content (AvgIpc) is 2.61. The Bertz CT molecular complexity index is 664. The van der Waals surface area contributed by atoms with Gasteiger partial charge in [-0.3, -0.25) is 4.79 Å². The minimum atomic E-state index is -0.623. The number of hydrogen-bond donors (Lipinski definition) is 1. The summed E-state index contributed by atoms with van der Waals surface area (Å²) in [7, 11) is 1.38. The van der Waals surface area contributed by atoms with Gasteiger partial charge in [-0.05, 0) is 74.0 Å². The predicted molar refractivity (Wildman–Crippen MR) is 102 cm³/mol. The molecule has 1 aromatic carbocycles. The Morgan fingerprint density at radius 1 is 1.12 bits per heavy atom. The molecule has 0 spiro atoms. The maximum absolute atomic E-state index is 13.2. The van der Waals surface area contributed by atoms with Gasteiger partial charge in [-0.15, -0.1) is 0 Å². The van der Waals surface area contributed by atoms with Crippen LogP contribution in [-0.4, -0.2) is 25.0 Å². The summed E-state index contributed by atoms with van der Waals surface area (Å²) in [5, 5.41) is 3.06. The summed E-state index contributed by atoms with van der Waals surface area (Å²) in [6, 6.07) is 7.21. The van der Waals surface area contributed by atoms with Gasteiger partial charge in [0.1, 0.15) is 6.04 Å². The fraction of sp³-hybridized carbons (Fsp3) is 0.619. The number of amides is 1. The van der Waals surface area contributed by atoms with Gasteiger partial charge in [-0.2, -0.15) is 0 Å². The fourth-order valence-electron chi connectivity index (χ4n) is 5.89. The number of halogens is 1. The van der Waals surface area contributed by atoms with Gasteiger partial charge in [0.25, 0.3) is 0 Å². The molecule has 0 radical (unpaired) electrons. The molecule has 4 saturated carbocycles. The molecule has 5 rings (SSSR count). The zero-order valence-electron chi connectivity index (χ0n) is 15.2. The van der Waals surface area contributed by atoms with Gasteiger partial charge in [0, 0.05) is 16.3 Å². The molecule has 4 aliphatic rings. The maximum Gasteiger partial charge on any atom is 0.328 e. The molecule has 1 N–H and O–H groups in total. The van der Waals surface area contributed by atoms with Crippen LogP contribution in [0.2, 0.25) is 0 Å². The third-order valence-corrected chi connectivity index (χ3v) is 7.19. The second-order valence-corrected chi connectivity index (χ2v) is 9.49. The zero-order chi connectivity index (χ0) is 18.3. The van der Waals surface area contributed by atoms with Crippen LogP contribution in [0.5, 0.6) is 0 Å². The first-order chi connectivity index (χ1) is 12.5. The van der Waals surface area contributed by atoms with Crippen LogP contribution in [0.25, 0.3) is 0 Å². The van der Waals surface area contributed by atoms with Gasteiger partial charge < -0.3 is 10.1 Å². The monoisotopic (exact) mass is 419 g/mol. The van der Waals surface area contributed by atoms with E-state index in [2.05, 4.69) is 21.2 Å². The molecule has 1 aromatic rings. The molecule has 4 nitrogen and oxygen atoms in total. The molecule has 0 heterocycles. The van der Waals surface area contributed by atoms with Crippen molar-refractivity contribution in [2.75, 3.05) is 7.11 Å². The summed E-state index contributed by atoms with van der Waals surface area (Å²) >= 11 is 3.42. The number of methoxy groups -OCH3 is 1. The van der Waals surface area contributed by atoms with E-state index < -0.39 is 6.04 Å². The van der Waals surface area contributed by atoms with Gasteiger partial charge in [-0.25, -0.2) is 4.79 Å². The summed E-state index contributed by atoms with van der Waals surface area (Å²) in [6.45, 7) is 0. The highest BCUT2D eigenvalue weighted by atomic mass is 79.9. The number of rotatable bonds is 5. The van der Waals surface area contributed by atoms with Crippen LogP contribution < -0.4 is 5.32 Å². The fourth-order valence-corrected chi connectivity index (χ4v) is 6.16. The molecule has 0 saturated heterocycles. The Morgan fingerprint density at radius 3 is 2.15 bits per heavy atom. The summed E-state index contributed by atoms with van der Waals surface area (Å²) in [6.07, 6.45) is 7.34. The SMILES string of the molecule is COC(=O)[C@@H](Cc1ccc(Br)cc1)NC(=O)C12CC3CC(CC(C3)C1)C2. The van der Waals surface area contributed by atoms with Gasteiger partial charge in [-0.1, -0.05) is 28.1 Å². The van der Waals surface area contributed by atoms with E-state index in [1.54, 1.807) is 0 Å². The molecule has 0 aromatic heterocycles. The van der Waals surface area contributed by atoms with E-state index in [1.165, 1.54) is 26.4 Å². The van der Waals surface area contributed by atoms with E-state index in [0.717, 1.165) is 29.3 Å². The third-order valence-electron chi connectivity index (χ3n) is 6.66. The molecular weight excluding hydrogens is 394 g/mol. The lowest BCUT2D eigenvalue weighted by atomic mass is 9.49. The molecule has 4 bridgehead atoms.